The number of cyclic esters (lactones) is 1. The van der Waals surface area contributed by atoms with Gasteiger partial charge in [0.15, 0.2) is 17.2 Å². The zero-order chi connectivity index (χ0) is 24.2. The highest BCUT2D eigenvalue weighted by molar-refractivity contribution is 9.10. The Kier molecular flexibility index (Phi) is 6.95. The van der Waals surface area contributed by atoms with E-state index in [1.807, 2.05) is 24.3 Å². The van der Waals surface area contributed by atoms with Crippen LogP contribution in [-0.2, 0) is 16.1 Å². The normalized spacial score (nSPS) is 14.0. The lowest BCUT2D eigenvalue weighted by Gasteiger charge is -2.11. The Morgan fingerprint density at radius 3 is 2.71 bits per heavy atom. The summed E-state index contributed by atoms with van der Waals surface area (Å²) in [6, 6.07) is 16.7. The maximum absolute atomic E-state index is 12.4. The van der Waals surface area contributed by atoms with E-state index in [2.05, 4.69) is 20.9 Å². The number of methoxy groups -OCH3 is 1. The van der Waals surface area contributed by atoms with E-state index in [4.69, 9.17) is 25.8 Å². The van der Waals surface area contributed by atoms with Crippen molar-refractivity contribution in [3.63, 3.8) is 0 Å². The van der Waals surface area contributed by atoms with Gasteiger partial charge >= 0.3 is 5.97 Å². The van der Waals surface area contributed by atoms with Crippen LogP contribution in [0.1, 0.15) is 16.7 Å². The van der Waals surface area contributed by atoms with Crippen LogP contribution in [0, 0.1) is 10.1 Å². The highest BCUT2D eigenvalue weighted by atomic mass is 79.9. The van der Waals surface area contributed by atoms with Gasteiger partial charge in [-0.3, -0.25) is 10.1 Å². The van der Waals surface area contributed by atoms with E-state index in [9.17, 15) is 14.9 Å². The van der Waals surface area contributed by atoms with E-state index < -0.39 is 10.9 Å². The predicted molar refractivity (Wildman–Crippen MR) is 130 cm³/mol. The molecule has 0 amide bonds. The van der Waals surface area contributed by atoms with Gasteiger partial charge in [-0.25, -0.2) is 9.79 Å². The number of aliphatic imine (C=N–C) groups is 1. The molecule has 8 nitrogen and oxygen atoms in total. The fourth-order valence-electron chi connectivity index (χ4n) is 3.15. The van der Waals surface area contributed by atoms with Gasteiger partial charge in [0.1, 0.15) is 6.61 Å². The molecule has 0 unspecified atom stereocenters. The number of nitro benzene ring substituents is 1. The molecule has 4 rings (SSSR count). The summed E-state index contributed by atoms with van der Waals surface area (Å²) in [5, 5.41) is 11.2. The van der Waals surface area contributed by atoms with E-state index in [1.54, 1.807) is 18.2 Å². The van der Waals surface area contributed by atoms with Gasteiger partial charge in [-0.1, -0.05) is 45.7 Å². The Morgan fingerprint density at radius 1 is 1.15 bits per heavy atom. The first-order valence-corrected chi connectivity index (χ1v) is 11.0. The Hall–Kier alpha value is -3.69. The van der Waals surface area contributed by atoms with Crippen LogP contribution < -0.4 is 9.47 Å². The minimum absolute atomic E-state index is 0.0161. The molecule has 0 saturated heterocycles. The molecule has 0 aromatic heterocycles. The number of rotatable bonds is 7. The number of benzene rings is 3. The number of nitro groups is 1. The summed E-state index contributed by atoms with van der Waals surface area (Å²) in [4.78, 5) is 27.0. The molecule has 0 saturated carbocycles. The summed E-state index contributed by atoms with van der Waals surface area (Å²) in [7, 11) is 1.52. The number of hydrogen-bond acceptors (Lipinski definition) is 7. The van der Waals surface area contributed by atoms with E-state index >= 15 is 0 Å². The Bertz CT molecular complexity index is 1360. The topological polar surface area (TPSA) is 100 Å². The minimum Gasteiger partial charge on any atom is -0.493 e. The van der Waals surface area contributed by atoms with Crippen LogP contribution in [0.15, 0.2) is 75.8 Å². The van der Waals surface area contributed by atoms with Crippen molar-refractivity contribution in [1.29, 1.82) is 0 Å². The van der Waals surface area contributed by atoms with Gasteiger partial charge < -0.3 is 14.2 Å². The number of non-ortho nitro benzene ring substituents is 1. The molecule has 172 valence electrons. The molecule has 3 aromatic rings. The molecular formula is C24H16BrClN2O6. The number of halogens is 2. The van der Waals surface area contributed by atoms with Crippen LogP contribution in [0.4, 0.5) is 5.69 Å². The lowest BCUT2D eigenvalue weighted by atomic mass is 10.1. The van der Waals surface area contributed by atoms with Crippen LogP contribution in [0.5, 0.6) is 11.5 Å². The van der Waals surface area contributed by atoms with E-state index in [0.717, 1.165) is 10.0 Å². The lowest BCUT2D eigenvalue weighted by Crippen LogP contribution is -2.06. The Morgan fingerprint density at radius 2 is 1.97 bits per heavy atom. The van der Waals surface area contributed by atoms with Gasteiger partial charge in [0.25, 0.3) is 5.69 Å². The third kappa shape index (κ3) is 5.27. The van der Waals surface area contributed by atoms with Crippen molar-refractivity contribution in [2.45, 2.75) is 6.61 Å². The van der Waals surface area contributed by atoms with Crippen LogP contribution in [-0.4, -0.2) is 23.9 Å². The molecule has 34 heavy (non-hydrogen) atoms. The Labute approximate surface area is 207 Å². The van der Waals surface area contributed by atoms with Gasteiger partial charge in [-0.05, 0) is 47.5 Å². The van der Waals surface area contributed by atoms with Crippen molar-refractivity contribution in [3.05, 3.63) is 103 Å². The first-order chi connectivity index (χ1) is 16.3. The van der Waals surface area contributed by atoms with Crippen LogP contribution in [0.2, 0.25) is 5.02 Å². The predicted octanol–water partition coefficient (Wildman–Crippen LogP) is 5.94. The molecule has 3 aromatic carbocycles. The maximum Gasteiger partial charge on any atom is 0.363 e. The quantitative estimate of drug-likeness (QED) is 0.158. The molecular weight excluding hydrogens is 528 g/mol. The molecule has 1 aliphatic rings. The van der Waals surface area contributed by atoms with Gasteiger partial charge in [-0.2, -0.15) is 0 Å². The third-order valence-electron chi connectivity index (χ3n) is 4.79. The molecule has 0 atom stereocenters. The monoisotopic (exact) mass is 542 g/mol. The first kappa shape index (κ1) is 23.5. The second kappa shape index (κ2) is 10.1. The van der Waals surface area contributed by atoms with Crippen molar-refractivity contribution < 1.29 is 23.9 Å². The molecule has 0 N–H and O–H groups in total. The van der Waals surface area contributed by atoms with Crippen LogP contribution >= 0.6 is 27.5 Å². The Balaban J connectivity index is 1.57. The zero-order valence-corrected chi connectivity index (χ0v) is 20.0. The zero-order valence-electron chi connectivity index (χ0n) is 17.7. The average molecular weight is 544 g/mol. The summed E-state index contributed by atoms with van der Waals surface area (Å²) >= 11 is 9.56. The number of esters is 1. The van der Waals surface area contributed by atoms with Crippen molar-refractivity contribution >= 4 is 51.2 Å². The summed E-state index contributed by atoms with van der Waals surface area (Å²) in [5.41, 5.74) is 1.58. The number of carbonyl (C=O) groups excluding carboxylic acids is 1. The molecule has 0 aliphatic carbocycles. The number of ether oxygens (including phenoxy) is 3. The minimum atomic E-state index is -0.702. The van der Waals surface area contributed by atoms with E-state index in [0.29, 0.717) is 23.7 Å². The van der Waals surface area contributed by atoms with Gasteiger partial charge in [0.2, 0.25) is 5.90 Å². The van der Waals surface area contributed by atoms with Crippen molar-refractivity contribution in [2.75, 3.05) is 7.11 Å². The highest BCUT2D eigenvalue weighted by Crippen LogP contribution is 2.31. The molecule has 0 spiro atoms. The largest absolute Gasteiger partial charge is 0.493 e. The van der Waals surface area contributed by atoms with Gasteiger partial charge in [0, 0.05) is 16.6 Å². The van der Waals surface area contributed by atoms with Crippen LogP contribution in [0.3, 0.4) is 0 Å². The van der Waals surface area contributed by atoms with Gasteiger partial charge in [-0.15, -0.1) is 0 Å². The van der Waals surface area contributed by atoms with Crippen molar-refractivity contribution in [1.82, 2.24) is 0 Å². The standard InChI is InChI=1S/C24H16BrClN2O6/c1-32-22-11-14(5-8-21(22)33-13-15-3-2-4-16(25)9-15)10-20-24(29)34-23(27-20)18-12-17(28(30)31)6-7-19(18)26/h2-12H,13H2,1H3/b20-10-. The number of nitrogens with zero attached hydrogens (tertiary/aromatic N) is 2. The van der Waals surface area contributed by atoms with Crippen LogP contribution in [0.25, 0.3) is 6.08 Å². The second-order valence-electron chi connectivity index (χ2n) is 7.09. The fraction of sp³-hybridized carbons (Fsp3) is 0.0833. The smallest absolute Gasteiger partial charge is 0.363 e. The fourth-order valence-corrected chi connectivity index (χ4v) is 3.80. The van der Waals surface area contributed by atoms with E-state index in [1.165, 1.54) is 31.4 Å². The average Bonchev–Trinajstić information content (AvgIpc) is 3.18. The lowest BCUT2D eigenvalue weighted by molar-refractivity contribution is -0.384. The molecule has 0 radical (unpaired) electrons. The first-order valence-electron chi connectivity index (χ1n) is 9.86. The summed E-state index contributed by atoms with van der Waals surface area (Å²) in [6.07, 6.45) is 1.52. The molecule has 1 heterocycles. The highest BCUT2D eigenvalue weighted by Gasteiger charge is 2.27. The van der Waals surface area contributed by atoms with Gasteiger partial charge in [0.05, 0.1) is 22.6 Å². The molecule has 10 heteroatoms. The number of carbonyl (C=O) groups is 1. The third-order valence-corrected chi connectivity index (χ3v) is 5.61. The summed E-state index contributed by atoms with van der Waals surface area (Å²) < 4.78 is 17.5. The number of hydrogen-bond donors (Lipinski definition) is 0. The summed E-state index contributed by atoms with van der Waals surface area (Å²) in [6.45, 7) is 0.347. The van der Waals surface area contributed by atoms with Crippen molar-refractivity contribution in [2.24, 2.45) is 4.99 Å². The summed E-state index contributed by atoms with van der Waals surface area (Å²) in [5.74, 6) is 0.199. The maximum atomic E-state index is 12.4. The van der Waals surface area contributed by atoms with E-state index in [-0.39, 0.29) is 27.9 Å². The SMILES string of the molecule is COc1cc(/C=C2\N=C(c3cc([N+](=O)[O-])ccc3Cl)OC2=O)ccc1OCc1cccc(Br)c1. The molecule has 0 fully saturated rings. The van der Waals surface area contributed by atoms with Crippen molar-refractivity contribution in [3.8, 4) is 11.5 Å². The second-order valence-corrected chi connectivity index (χ2v) is 8.41. The molecule has 0 bridgehead atoms. The molecule has 1 aliphatic heterocycles.